The van der Waals surface area contributed by atoms with Gasteiger partial charge < -0.3 is 15.3 Å². The summed E-state index contributed by atoms with van der Waals surface area (Å²) in [5.41, 5.74) is 2.50. The zero-order valence-electron chi connectivity index (χ0n) is 12.7. The lowest BCUT2D eigenvalue weighted by Gasteiger charge is -2.21. The molecule has 2 heterocycles. The number of aliphatic hydroxyl groups excluding tert-OH is 1. The van der Waals surface area contributed by atoms with Gasteiger partial charge in [0.25, 0.3) is 0 Å². The standard InChI is InChI=1S/C15H24N4O.HI/c1-3-17-15(19-9-6-14(20)11-19)18-8-5-13-4-7-16-10-12(13)2;/h4,7,10,14,20H,3,5-6,8-9,11H2,1-2H3,(H,17,18);1H/t14-;/m1./s1. The number of hydrogen-bond acceptors (Lipinski definition) is 3. The number of nitrogens with zero attached hydrogens (tertiary/aromatic N) is 3. The summed E-state index contributed by atoms with van der Waals surface area (Å²) in [5, 5.41) is 12.9. The number of aryl methyl sites for hydroxylation is 1. The summed E-state index contributed by atoms with van der Waals surface area (Å²) in [6, 6.07) is 2.05. The molecule has 0 unspecified atom stereocenters. The highest BCUT2D eigenvalue weighted by atomic mass is 127. The van der Waals surface area contributed by atoms with E-state index in [0.29, 0.717) is 6.54 Å². The van der Waals surface area contributed by atoms with Gasteiger partial charge in [-0.25, -0.2) is 0 Å². The first-order chi connectivity index (χ1) is 9.70. The molecule has 5 nitrogen and oxygen atoms in total. The molecule has 1 aromatic heterocycles. The van der Waals surface area contributed by atoms with Gasteiger partial charge in [0.1, 0.15) is 0 Å². The maximum absolute atomic E-state index is 9.63. The highest BCUT2D eigenvalue weighted by Gasteiger charge is 2.22. The minimum absolute atomic E-state index is 0. The number of rotatable bonds is 4. The molecule has 2 rings (SSSR count). The van der Waals surface area contributed by atoms with Gasteiger partial charge in [0, 0.05) is 38.6 Å². The number of halogens is 1. The number of nitrogens with one attached hydrogen (secondary N) is 1. The second-order valence-corrected chi connectivity index (χ2v) is 5.18. The number of aromatic nitrogens is 1. The zero-order chi connectivity index (χ0) is 14.4. The number of pyridine rings is 1. The van der Waals surface area contributed by atoms with Crippen LogP contribution in [0.3, 0.4) is 0 Å². The molecule has 1 saturated heterocycles. The molecule has 0 saturated carbocycles. The van der Waals surface area contributed by atoms with Gasteiger partial charge in [0.05, 0.1) is 6.10 Å². The van der Waals surface area contributed by atoms with Crippen LogP contribution in [0.2, 0.25) is 0 Å². The molecule has 6 heteroatoms. The average molecular weight is 404 g/mol. The number of aliphatic imine (C=N–C) groups is 1. The first kappa shape index (κ1) is 18.2. The van der Waals surface area contributed by atoms with Crippen molar-refractivity contribution in [1.82, 2.24) is 15.2 Å². The Hall–Kier alpha value is -0.890. The summed E-state index contributed by atoms with van der Waals surface area (Å²) < 4.78 is 0. The summed E-state index contributed by atoms with van der Waals surface area (Å²) in [4.78, 5) is 10.9. The number of likely N-dealkylation sites (tertiary alicyclic amines) is 1. The predicted molar refractivity (Wildman–Crippen MR) is 96.3 cm³/mol. The van der Waals surface area contributed by atoms with Gasteiger partial charge in [-0.3, -0.25) is 9.98 Å². The molecule has 0 aromatic carbocycles. The van der Waals surface area contributed by atoms with E-state index in [1.807, 2.05) is 12.4 Å². The van der Waals surface area contributed by atoms with Gasteiger partial charge in [-0.15, -0.1) is 24.0 Å². The van der Waals surface area contributed by atoms with Crippen LogP contribution < -0.4 is 5.32 Å². The second kappa shape index (κ2) is 9.19. The fourth-order valence-corrected chi connectivity index (χ4v) is 2.42. The highest BCUT2D eigenvalue weighted by molar-refractivity contribution is 14.0. The fraction of sp³-hybridized carbons (Fsp3) is 0.600. The highest BCUT2D eigenvalue weighted by Crippen LogP contribution is 2.10. The molecular formula is C15H25IN4O. The van der Waals surface area contributed by atoms with E-state index in [1.54, 1.807) is 0 Å². The summed E-state index contributed by atoms with van der Waals surface area (Å²) in [6.07, 6.45) is 5.24. The monoisotopic (exact) mass is 404 g/mol. The van der Waals surface area contributed by atoms with Gasteiger partial charge in [-0.05, 0) is 43.9 Å². The van der Waals surface area contributed by atoms with Crippen molar-refractivity contribution in [2.45, 2.75) is 32.8 Å². The third-order valence-corrected chi connectivity index (χ3v) is 3.58. The van der Waals surface area contributed by atoms with Crippen LogP contribution in [-0.2, 0) is 6.42 Å². The lowest BCUT2D eigenvalue weighted by Crippen LogP contribution is -2.40. The van der Waals surface area contributed by atoms with Crippen LogP contribution in [0.25, 0.3) is 0 Å². The van der Waals surface area contributed by atoms with Crippen molar-refractivity contribution >= 4 is 29.9 Å². The third-order valence-electron chi connectivity index (χ3n) is 3.58. The molecule has 21 heavy (non-hydrogen) atoms. The Bertz CT molecular complexity index is 467. The van der Waals surface area contributed by atoms with Crippen molar-refractivity contribution in [3.8, 4) is 0 Å². The first-order valence-electron chi connectivity index (χ1n) is 7.31. The minimum atomic E-state index is -0.221. The van der Waals surface area contributed by atoms with Crippen LogP contribution in [0.15, 0.2) is 23.5 Å². The Morgan fingerprint density at radius 3 is 3.00 bits per heavy atom. The number of β-amino-alcohol motifs (C(OH)–C–C–N with tert-alkyl or cyclic N) is 1. The molecule has 1 atom stereocenters. The molecule has 1 aliphatic rings. The maximum Gasteiger partial charge on any atom is 0.194 e. The van der Waals surface area contributed by atoms with Gasteiger partial charge >= 0.3 is 0 Å². The van der Waals surface area contributed by atoms with Crippen LogP contribution in [0, 0.1) is 6.92 Å². The van der Waals surface area contributed by atoms with Crippen molar-refractivity contribution < 1.29 is 5.11 Å². The molecule has 0 spiro atoms. The molecule has 0 amide bonds. The molecule has 1 aromatic rings. The van der Waals surface area contributed by atoms with Crippen molar-refractivity contribution in [3.63, 3.8) is 0 Å². The summed E-state index contributed by atoms with van der Waals surface area (Å²) >= 11 is 0. The number of guanidine groups is 1. The zero-order valence-corrected chi connectivity index (χ0v) is 15.1. The molecule has 0 bridgehead atoms. The lowest BCUT2D eigenvalue weighted by atomic mass is 10.1. The van der Waals surface area contributed by atoms with Crippen LogP contribution in [0.4, 0.5) is 0 Å². The van der Waals surface area contributed by atoms with Crippen molar-refractivity contribution in [3.05, 3.63) is 29.6 Å². The smallest absolute Gasteiger partial charge is 0.194 e. The molecule has 1 aliphatic heterocycles. The molecule has 1 fully saturated rings. The molecular weight excluding hydrogens is 379 g/mol. The summed E-state index contributed by atoms with van der Waals surface area (Å²) in [7, 11) is 0. The first-order valence-corrected chi connectivity index (χ1v) is 7.31. The minimum Gasteiger partial charge on any atom is -0.391 e. The maximum atomic E-state index is 9.63. The third kappa shape index (κ3) is 5.43. The van der Waals surface area contributed by atoms with Crippen LogP contribution in [0.1, 0.15) is 24.5 Å². The lowest BCUT2D eigenvalue weighted by molar-refractivity contribution is 0.188. The van der Waals surface area contributed by atoms with Crippen molar-refractivity contribution in [2.24, 2.45) is 4.99 Å². The van der Waals surface area contributed by atoms with Crippen LogP contribution in [-0.4, -0.2) is 53.2 Å². The second-order valence-electron chi connectivity index (χ2n) is 5.18. The molecule has 2 N–H and O–H groups in total. The Kier molecular flexibility index (Phi) is 7.95. The van der Waals surface area contributed by atoms with E-state index in [4.69, 9.17) is 0 Å². The average Bonchev–Trinajstić information content (AvgIpc) is 2.86. The fourth-order valence-electron chi connectivity index (χ4n) is 2.42. The van der Waals surface area contributed by atoms with Gasteiger partial charge in [0.2, 0.25) is 0 Å². The Balaban J connectivity index is 0.00000220. The van der Waals surface area contributed by atoms with E-state index in [2.05, 4.69) is 40.1 Å². The van der Waals surface area contributed by atoms with E-state index >= 15 is 0 Å². The summed E-state index contributed by atoms with van der Waals surface area (Å²) in [5.74, 6) is 0.913. The Labute approximate surface area is 143 Å². The van der Waals surface area contributed by atoms with Crippen LogP contribution in [0.5, 0.6) is 0 Å². The summed E-state index contributed by atoms with van der Waals surface area (Å²) in [6.45, 7) is 7.30. The van der Waals surface area contributed by atoms with E-state index in [-0.39, 0.29) is 30.1 Å². The van der Waals surface area contributed by atoms with E-state index in [1.165, 1.54) is 11.1 Å². The number of aliphatic hydroxyl groups is 1. The van der Waals surface area contributed by atoms with Crippen molar-refractivity contribution in [2.75, 3.05) is 26.2 Å². The van der Waals surface area contributed by atoms with Gasteiger partial charge in [0.15, 0.2) is 5.96 Å². The molecule has 0 radical (unpaired) electrons. The van der Waals surface area contributed by atoms with Gasteiger partial charge in [-0.1, -0.05) is 0 Å². The normalized spacial score (nSPS) is 18.5. The Morgan fingerprint density at radius 1 is 1.57 bits per heavy atom. The predicted octanol–water partition coefficient (Wildman–Crippen LogP) is 1.58. The largest absolute Gasteiger partial charge is 0.391 e. The van der Waals surface area contributed by atoms with Crippen LogP contribution >= 0.6 is 24.0 Å². The van der Waals surface area contributed by atoms with E-state index in [0.717, 1.165) is 38.4 Å². The molecule has 118 valence electrons. The quantitative estimate of drug-likeness (QED) is 0.455. The van der Waals surface area contributed by atoms with E-state index in [9.17, 15) is 5.11 Å². The molecule has 0 aliphatic carbocycles. The Morgan fingerprint density at radius 2 is 2.38 bits per heavy atom. The SMILES string of the molecule is CCNC(=NCCc1ccncc1C)N1CC[C@@H](O)C1.I. The topological polar surface area (TPSA) is 60.8 Å². The number of hydrogen-bond donors (Lipinski definition) is 2. The van der Waals surface area contributed by atoms with Gasteiger partial charge in [-0.2, -0.15) is 0 Å². The van der Waals surface area contributed by atoms with Crippen molar-refractivity contribution in [1.29, 1.82) is 0 Å². The van der Waals surface area contributed by atoms with E-state index < -0.39 is 0 Å².